The number of nitrogens with zero attached hydrogens (tertiary/aromatic N) is 3. The van der Waals surface area contributed by atoms with E-state index in [4.69, 9.17) is 0 Å². The Morgan fingerprint density at radius 1 is 1.00 bits per heavy atom. The fraction of sp³-hybridized carbons (Fsp3) is 0.583. The topological polar surface area (TPSA) is 19.4 Å². The number of anilines is 1. The zero-order chi connectivity index (χ0) is 14.2. The Hall–Kier alpha value is -1.37. The van der Waals surface area contributed by atoms with Crippen molar-refractivity contribution in [2.45, 2.75) is 18.9 Å². The summed E-state index contributed by atoms with van der Waals surface area (Å²) in [6.45, 7) is 0.694. The van der Waals surface area contributed by atoms with Gasteiger partial charge >= 0.3 is 0 Å². The maximum atomic E-state index is 13.6. The van der Waals surface area contributed by atoms with Crippen LogP contribution in [0.4, 0.5) is 23.2 Å². The number of hydrogen-bond donors (Lipinski definition) is 0. The van der Waals surface area contributed by atoms with Crippen molar-refractivity contribution < 1.29 is 17.6 Å². The van der Waals surface area contributed by atoms with Gasteiger partial charge in [0, 0.05) is 19.1 Å². The number of rotatable bonds is 2. The lowest BCUT2D eigenvalue weighted by atomic mass is 10.0. The van der Waals surface area contributed by atoms with Crippen LogP contribution in [0.1, 0.15) is 12.8 Å². The van der Waals surface area contributed by atoms with Crippen LogP contribution >= 0.6 is 0 Å². The molecule has 0 aromatic carbocycles. The molecule has 0 radical (unpaired) electrons. The predicted octanol–water partition coefficient (Wildman–Crippen LogP) is 2.17. The number of aromatic nitrogens is 1. The van der Waals surface area contributed by atoms with E-state index in [-0.39, 0.29) is 0 Å². The van der Waals surface area contributed by atoms with Gasteiger partial charge in [0.05, 0.1) is 0 Å². The Morgan fingerprint density at radius 3 is 1.89 bits per heavy atom. The Balaban J connectivity index is 2.25. The van der Waals surface area contributed by atoms with Crippen molar-refractivity contribution in [3.63, 3.8) is 0 Å². The van der Waals surface area contributed by atoms with E-state index in [2.05, 4.69) is 4.98 Å². The molecule has 1 aromatic rings. The molecule has 0 spiro atoms. The molecule has 0 N–H and O–H groups in total. The summed E-state index contributed by atoms with van der Waals surface area (Å²) < 4.78 is 53.3. The number of halogens is 4. The third-order valence-corrected chi connectivity index (χ3v) is 3.49. The monoisotopic (exact) mass is 277 g/mol. The summed E-state index contributed by atoms with van der Waals surface area (Å²) in [5.74, 6) is -6.07. The molecule has 0 bridgehead atoms. The molecule has 2 rings (SSSR count). The Kier molecular flexibility index (Phi) is 3.93. The lowest BCUT2D eigenvalue weighted by molar-refractivity contribution is 0.248. The van der Waals surface area contributed by atoms with Crippen molar-refractivity contribution in [2.24, 2.45) is 0 Å². The van der Waals surface area contributed by atoms with Gasteiger partial charge in [-0.05, 0) is 26.9 Å². The van der Waals surface area contributed by atoms with Crippen molar-refractivity contribution in [1.29, 1.82) is 0 Å². The first kappa shape index (κ1) is 14.0. The molecule has 0 aliphatic carbocycles. The van der Waals surface area contributed by atoms with Gasteiger partial charge in [-0.2, -0.15) is 22.5 Å². The maximum absolute atomic E-state index is 13.6. The van der Waals surface area contributed by atoms with E-state index in [1.165, 1.54) is 4.90 Å². The highest BCUT2D eigenvalue weighted by Gasteiger charge is 2.28. The van der Waals surface area contributed by atoms with Gasteiger partial charge in [-0.1, -0.05) is 0 Å². The van der Waals surface area contributed by atoms with Crippen LogP contribution in [0.15, 0.2) is 0 Å². The molecule has 7 heteroatoms. The largest absolute Gasteiger partial charge is 0.366 e. The minimum Gasteiger partial charge on any atom is -0.366 e. The number of piperidine rings is 1. The first-order chi connectivity index (χ1) is 8.91. The van der Waals surface area contributed by atoms with Crippen LogP contribution in [0.3, 0.4) is 0 Å². The Bertz CT molecular complexity index is 444. The van der Waals surface area contributed by atoms with E-state index in [9.17, 15) is 17.6 Å². The summed E-state index contributed by atoms with van der Waals surface area (Å²) in [6.07, 6.45) is 1.36. The molecule has 1 aliphatic rings. The Labute approximate surface area is 108 Å². The average Bonchev–Trinajstić information content (AvgIpc) is 2.37. The second kappa shape index (κ2) is 5.32. The van der Waals surface area contributed by atoms with Gasteiger partial charge < -0.3 is 9.80 Å². The van der Waals surface area contributed by atoms with Crippen LogP contribution in [-0.4, -0.2) is 43.1 Å². The van der Waals surface area contributed by atoms with Gasteiger partial charge in [-0.25, -0.2) is 0 Å². The summed E-state index contributed by atoms with van der Waals surface area (Å²) >= 11 is 0. The minimum absolute atomic E-state index is 0.305. The number of hydrogen-bond acceptors (Lipinski definition) is 3. The van der Waals surface area contributed by atoms with Gasteiger partial charge in [-0.3, -0.25) is 0 Å². The second-order valence-corrected chi connectivity index (χ2v) is 4.85. The molecular formula is C12H15F4N3. The smallest absolute Gasteiger partial charge is 0.253 e. The molecule has 0 amide bonds. The fourth-order valence-corrected chi connectivity index (χ4v) is 2.36. The normalized spacial score (nSPS) is 17.3. The lowest BCUT2D eigenvalue weighted by Crippen LogP contribution is -2.42. The summed E-state index contributed by atoms with van der Waals surface area (Å²) in [5, 5.41) is 0. The van der Waals surface area contributed by atoms with Crippen LogP contribution < -0.4 is 4.90 Å². The quantitative estimate of drug-likeness (QED) is 0.610. The highest BCUT2D eigenvalue weighted by molar-refractivity contribution is 5.48. The molecule has 1 aromatic heterocycles. The zero-order valence-corrected chi connectivity index (χ0v) is 10.8. The SMILES string of the molecule is CN(C)C1CCN(c2c(F)c(F)nc(F)c2F)CC1. The van der Waals surface area contributed by atoms with Crippen molar-refractivity contribution in [3.05, 3.63) is 23.5 Å². The van der Waals surface area contributed by atoms with Gasteiger partial charge in [0.15, 0.2) is 0 Å². The van der Waals surface area contributed by atoms with Gasteiger partial charge in [0.2, 0.25) is 11.6 Å². The van der Waals surface area contributed by atoms with Crippen molar-refractivity contribution >= 4 is 5.69 Å². The summed E-state index contributed by atoms with van der Waals surface area (Å²) in [4.78, 5) is 5.91. The van der Waals surface area contributed by atoms with Gasteiger partial charge in [-0.15, -0.1) is 0 Å². The number of pyridine rings is 1. The lowest BCUT2D eigenvalue weighted by Gasteiger charge is -2.36. The molecule has 106 valence electrons. The molecule has 0 atom stereocenters. The molecule has 1 aliphatic heterocycles. The molecule has 1 saturated heterocycles. The first-order valence-electron chi connectivity index (χ1n) is 6.03. The molecular weight excluding hydrogens is 262 g/mol. The van der Waals surface area contributed by atoms with Crippen LogP contribution in [-0.2, 0) is 0 Å². The van der Waals surface area contributed by atoms with E-state index in [0.717, 1.165) is 0 Å². The average molecular weight is 277 g/mol. The van der Waals surface area contributed by atoms with Crippen LogP contribution in [0.25, 0.3) is 0 Å². The predicted molar refractivity (Wildman–Crippen MR) is 63.0 cm³/mol. The van der Waals surface area contributed by atoms with E-state index in [1.807, 2.05) is 19.0 Å². The van der Waals surface area contributed by atoms with Crippen molar-refractivity contribution in [1.82, 2.24) is 9.88 Å². The maximum Gasteiger partial charge on any atom is 0.253 e. The summed E-state index contributed by atoms with van der Waals surface area (Å²) in [6, 6.07) is 0.305. The van der Waals surface area contributed by atoms with E-state index in [0.29, 0.717) is 32.0 Å². The molecule has 2 heterocycles. The van der Waals surface area contributed by atoms with Crippen LogP contribution in [0.5, 0.6) is 0 Å². The standard InChI is InChI=1S/C12H15F4N3/c1-18(2)7-3-5-19(6-4-7)10-8(13)11(15)17-12(16)9(10)14/h7H,3-6H2,1-2H3. The zero-order valence-electron chi connectivity index (χ0n) is 10.8. The second-order valence-electron chi connectivity index (χ2n) is 4.85. The van der Waals surface area contributed by atoms with Crippen LogP contribution in [0.2, 0.25) is 0 Å². The first-order valence-corrected chi connectivity index (χ1v) is 6.03. The van der Waals surface area contributed by atoms with Crippen molar-refractivity contribution in [3.8, 4) is 0 Å². The van der Waals surface area contributed by atoms with E-state index < -0.39 is 29.2 Å². The Morgan fingerprint density at radius 2 is 1.47 bits per heavy atom. The third kappa shape index (κ3) is 2.65. The fourth-order valence-electron chi connectivity index (χ4n) is 2.36. The minimum atomic E-state index is -1.61. The summed E-state index contributed by atoms with van der Waals surface area (Å²) in [7, 11) is 3.85. The van der Waals surface area contributed by atoms with Crippen molar-refractivity contribution in [2.75, 3.05) is 32.1 Å². The highest BCUT2D eigenvalue weighted by Crippen LogP contribution is 2.29. The third-order valence-electron chi connectivity index (χ3n) is 3.49. The highest BCUT2D eigenvalue weighted by atomic mass is 19.2. The molecule has 3 nitrogen and oxygen atoms in total. The van der Waals surface area contributed by atoms with E-state index in [1.54, 1.807) is 0 Å². The molecule has 1 fully saturated rings. The van der Waals surface area contributed by atoms with Gasteiger partial charge in [0.25, 0.3) is 11.9 Å². The van der Waals surface area contributed by atoms with E-state index >= 15 is 0 Å². The van der Waals surface area contributed by atoms with Crippen LogP contribution in [0, 0.1) is 23.5 Å². The molecule has 0 saturated carbocycles. The molecule has 0 unspecified atom stereocenters. The summed E-state index contributed by atoms with van der Waals surface area (Å²) in [5.41, 5.74) is -0.651. The van der Waals surface area contributed by atoms with Gasteiger partial charge in [0.1, 0.15) is 5.69 Å². The molecule has 19 heavy (non-hydrogen) atoms.